The summed E-state index contributed by atoms with van der Waals surface area (Å²) in [5.41, 5.74) is 22.0. The van der Waals surface area contributed by atoms with Gasteiger partial charge in [0, 0.05) is 51.5 Å². The predicted molar refractivity (Wildman–Crippen MR) is 322 cm³/mol. The van der Waals surface area contributed by atoms with Crippen LogP contribution in [-0.2, 0) is 5.41 Å². The standard InChI is InChI=1S/C72H58N4O/c1-48-29-31-53(32-30-48)65-46-73-70(41-49(65)2)76-66-40-35-55(51-19-10-7-11-20-51)43-64(66)63-39-38-60(45-69(63)76)77-59-24-15-23-58(44-59)74-47-75(68-28-13-12-27-67(68)74)71-61(52-33-36-57(37-34-52)72(3,4)5)25-16-26-62(71)56-22-14-21-54(42-56)50-17-8-6-9-18-50/h6-46H,47H2,1-5H3. The summed E-state index contributed by atoms with van der Waals surface area (Å²) in [5.74, 6) is 2.35. The first-order chi connectivity index (χ1) is 37.6. The number of benzene rings is 10. The van der Waals surface area contributed by atoms with Crippen molar-refractivity contribution in [2.24, 2.45) is 0 Å². The number of aryl methyl sites for hydroxylation is 2. The van der Waals surface area contributed by atoms with E-state index in [-0.39, 0.29) is 5.41 Å². The lowest BCUT2D eigenvalue weighted by molar-refractivity contribution is 0.483. The Morgan fingerprint density at radius 3 is 1.71 bits per heavy atom. The molecule has 372 valence electrons. The third kappa shape index (κ3) is 8.90. The molecule has 0 atom stereocenters. The van der Waals surface area contributed by atoms with Crippen LogP contribution >= 0.6 is 0 Å². The molecule has 1 aliphatic rings. The molecule has 0 bridgehead atoms. The minimum Gasteiger partial charge on any atom is -0.457 e. The smallest absolute Gasteiger partial charge is 0.137 e. The van der Waals surface area contributed by atoms with E-state index < -0.39 is 0 Å². The van der Waals surface area contributed by atoms with Crippen molar-refractivity contribution < 1.29 is 4.74 Å². The van der Waals surface area contributed by atoms with E-state index >= 15 is 0 Å². The van der Waals surface area contributed by atoms with Crippen LogP contribution in [0.4, 0.5) is 22.7 Å². The van der Waals surface area contributed by atoms with Gasteiger partial charge in [-0.1, -0.05) is 196 Å². The van der Waals surface area contributed by atoms with Crippen LogP contribution in [0, 0.1) is 13.8 Å². The molecule has 12 aromatic rings. The van der Waals surface area contributed by atoms with Gasteiger partial charge in [0.25, 0.3) is 0 Å². The molecular weight excluding hydrogens is 937 g/mol. The minimum absolute atomic E-state index is 0.0414. The number of ether oxygens (including phenoxy) is 1. The highest BCUT2D eigenvalue weighted by atomic mass is 16.5. The van der Waals surface area contributed by atoms with Gasteiger partial charge in [0.05, 0.1) is 28.1 Å². The first-order valence-corrected chi connectivity index (χ1v) is 26.6. The fourth-order valence-electron chi connectivity index (χ4n) is 11.2. The Morgan fingerprint density at radius 2 is 1.00 bits per heavy atom. The van der Waals surface area contributed by atoms with Crippen LogP contribution in [0.25, 0.3) is 83.3 Å². The topological polar surface area (TPSA) is 33.5 Å². The maximum Gasteiger partial charge on any atom is 0.137 e. The number of nitrogens with zero attached hydrogens (tertiary/aromatic N) is 4. The van der Waals surface area contributed by atoms with Crippen LogP contribution in [0.5, 0.6) is 11.5 Å². The second-order valence-corrected chi connectivity index (χ2v) is 21.4. The van der Waals surface area contributed by atoms with Crippen LogP contribution in [0.3, 0.4) is 0 Å². The molecule has 5 nitrogen and oxygen atoms in total. The van der Waals surface area contributed by atoms with Crippen LogP contribution in [0.1, 0.15) is 37.5 Å². The van der Waals surface area contributed by atoms with Crippen molar-refractivity contribution >= 4 is 44.6 Å². The number of rotatable bonds is 10. The third-order valence-corrected chi connectivity index (χ3v) is 15.3. The number of hydrogen-bond donors (Lipinski definition) is 0. The Balaban J connectivity index is 0.883. The molecule has 0 saturated carbocycles. The molecule has 5 heteroatoms. The van der Waals surface area contributed by atoms with E-state index in [1.807, 2.05) is 6.20 Å². The molecule has 13 rings (SSSR count). The third-order valence-electron chi connectivity index (χ3n) is 15.3. The molecule has 0 radical (unpaired) electrons. The summed E-state index contributed by atoms with van der Waals surface area (Å²) in [7, 11) is 0. The van der Waals surface area contributed by atoms with Crippen LogP contribution in [0.2, 0.25) is 0 Å². The van der Waals surface area contributed by atoms with Crippen molar-refractivity contribution in [2.75, 3.05) is 16.5 Å². The number of fused-ring (bicyclic) bond motifs is 4. The van der Waals surface area contributed by atoms with E-state index in [2.05, 4.69) is 292 Å². The van der Waals surface area contributed by atoms with Gasteiger partial charge in [0.2, 0.25) is 0 Å². The molecule has 0 N–H and O–H groups in total. The number of aromatic nitrogens is 2. The average Bonchev–Trinajstić information content (AvgIpc) is 4.04. The first-order valence-electron chi connectivity index (χ1n) is 26.6. The fraction of sp³-hybridized carbons (Fsp3) is 0.0972. The Bertz CT molecular complexity index is 4150. The van der Waals surface area contributed by atoms with Gasteiger partial charge in [-0.15, -0.1) is 0 Å². The molecule has 0 spiro atoms. The lowest BCUT2D eigenvalue weighted by atomic mass is 9.85. The number of para-hydroxylation sites is 3. The van der Waals surface area contributed by atoms with Crippen molar-refractivity contribution in [1.82, 2.24) is 9.55 Å². The summed E-state index contributed by atoms with van der Waals surface area (Å²) >= 11 is 0. The highest BCUT2D eigenvalue weighted by Gasteiger charge is 2.32. The van der Waals surface area contributed by atoms with Crippen molar-refractivity contribution in [3.05, 3.63) is 266 Å². The Morgan fingerprint density at radius 1 is 0.416 bits per heavy atom. The van der Waals surface area contributed by atoms with E-state index in [0.29, 0.717) is 6.67 Å². The van der Waals surface area contributed by atoms with E-state index in [0.717, 1.165) is 78.6 Å². The molecule has 0 saturated heterocycles. The van der Waals surface area contributed by atoms with Crippen molar-refractivity contribution in [3.63, 3.8) is 0 Å². The van der Waals surface area contributed by atoms with Crippen LogP contribution in [-0.4, -0.2) is 16.2 Å². The molecule has 2 aromatic heterocycles. The molecule has 0 aliphatic carbocycles. The second kappa shape index (κ2) is 19.4. The summed E-state index contributed by atoms with van der Waals surface area (Å²) < 4.78 is 9.22. The maximum atomic E-state index is 6.94. The average molecular weight is 995 g/mol. The zero-order chi connectivity index (χ0) is 52.2. The van der Waals surface area contributed by atoms with E-state index in [1.165, 1.54) is 55.6 Å². The lowest BCUT2D eigenvalue weighted by Crippen LogP contribution is -2.25. The quantitative estimate of drug-likeness (QED) is 0.137. The van der Waals surface area contributed by atoms with Gasteiger partial charge in [0.15, 0.2) is 0 Å². The SMILES string of the molecule is Cc1ccc(-c2cnc(-n3c4ccc(-c5ccccc5)cc4c4ccc(Oc5cccc(N6CN(c7c(-c8ccc(C(C)(C)C)cc8)cccc7-c7cccc(-c8ccccc8)c7)c7ccccc76)c5)cc43)cc2C)cc1. The van der Waals surface area contributed by atoms with Gasteiger partial charge in [-0.25, -0.2) is 4.98 Å². The summed E-state index contributed by atoms with van der Waals surface area (Å²) in [6, 6.07) is 87.6. The number of pyridine rings is 1. The molecule has 0 amide bonds. The largest absolute Gasteiger partial charge is 0.457 e. The number of anilines is 4. The first kappa shape index (κ1) is 47.3. The van der Waals surface area contributed by atoms with Gasteiger partial charge in [-0.2, -0.15) is 0 Å². The number of hydrogen-bond acceptors (Lipinski definition) is 4. The van der Waals surface area contributed by atoms with Crippen LogP contribution in [0.15, 0.2) is 249 Å². The Hall–Kier alpha value is -9.45. The fourth-order valence-corrected chi connectivity index (χ4v) is 11.2. The Kier molecular flexibility index (Phi) is 11.9. The molecule has 1 aliphatic heterocycles. The van der Waals surface area contributed by atoms with Crippen molar-refractivity contribution in [3.8, 4) is 73.0 Å². The summed E-state index contributed by atoms with van der Waals surface area (Å²) in [4.78, 5) is 10.1. The van der Waals surface area contributed by atoms with Gasteiger partial charge in [0.1, 0.15) is 24.0 Å². The van der Waals surface area contributed by atoms with Crippen molar-refractivity contribution in [2.45, 2.75) is 40.0 Å². The van der Waals surface area contributed by atoms with Crippen molar-refractivity contribution in [1.29, 1.82) is 0 Å². The van der Waals surface area contributed by atoms with E-state index in [9.17, 15) is 0 Å². The predicted octanol–water partition coefficient (Wildman–Crippen LogP) is 19.5. The highest BCUT2D eigenvalue weighted by Crippen LogP contribution is 2.51. The summed E-state index contributed by atoms with van der Waals surface area (Å²) in [6.07, 6.45) is 2.02. The van der Waals surface area contributed by atoms with Gasteiger partial charge < -0.3 is 14.5 Å². The minimum atomic E-state index is 0.0414. The molecule has 77 heavy (non-hydrogen) atoms. The molecule has 0 fully saturated rings. The van der Waals surface area contributed by atoms with Gasteiger partial charge in [-0.05, 0) is 130 Å². The summed E-state index contributed by atoms with van der Waals surface area (Å²) in [6.45, 7) is 11.7. The highest BCUT2D eigenvalue weighted by molar-refractivity contribution is 6.11. The zero-order valence-electron chi connectivity index (χ0n) is 44.1. The molecule has 10 aromatic carbocycles. The van der Waals surface area contributed by atoms with Gasteiger partial charge >= 0.3 is 0 Å². The molecular formula is C72H58N4O. The van der Waals surface area contributed by atoms with Gasteiger partial charge in [-0.3, -0.25) is 4.57 Å². The monoisotopic (exact) mass is 994 g/mol. The lowest BCUT2D eigenvalue weighted by Gasteiger charge is -2.28. The molecule has 3 heterocycles. The maximum absolute atomic E-state index is 6.94. The molecule has 0 unspecified atom stereocenters. The summed E-state index contributed by atoms with van der Waals surface area (Å²) in [5, 5.41) is 2.29. The normalized spacial score (nSPS) is 12.4. The van der Waals surface area contributed by atoms with Crippen LogP contribution < -0.4 is 14.5 Å². The second-order valence-electron chi connectivity index (χ2n) is 21.4. The zero-order valence-corrected chi connectivity index (χ0v) is 44.1. The Labute approximate surface area is 451 Å². The van der Waals surface area contributed by atoms with E-state index in [4.69, 9.17) is 9.72 Å². The van der Waals surface area contributed by atoms with E-state index in [1.54, 1.807) is 0 Å².